The summed E-state index contributed by atoms with van der Waals surface area (Å²) >= 11 is 0. The molecule has 1 aromatic carbocycles. The molecule has 0 radical (unpaired) electrons. The molecule has 0 aromatic heterocycles. The van der Waals surface area contributed by atoms with E-state index in [0.717, 1.165) is 12.1 Å². The molecule has 18 heavy (non-hydrogen) atoms. The molecule has 1 rings (SSSR count). The minimum atomic E-state index is -4.98. The van der Waals surface area contributed by atoms with Crippen LogP contribution in [0.15, 0.2) is 18.2 Å². The van der Waals surface area contributed by atoms with Crippen LogP contribution in [0.4, 0.5) is 22.0 Å². The highest BCUT2D eigenvalue weighted by Crippen LogP contribution is 2.31. The van der Waals surface area contributed by atoms with Gasteiger partial charge in [-0.25, -0.2) is 0 Å². The second-order valence-corrected chi connectivity index (χ2v) is 3.03. The standard InChI is InChI=1S/C10H6F5NO2/c11-9(12)17-7-2-1-6(3-4-16)8(5-7)18-10(13,14)15/h1-2,5,9H,3H2. The maximum absolute atomic E-state index is 12.1. The molecule has 0 heterocycles. The predicted octanol–water partition coefficient (Wildman–Crippen LogP) is 3.25. The fraction of sp³-hybridized carbons (Fsp3) is 0.300. The molecule has 0 fully saturated rings. The number of benzene rings is 1. The van der Waals surface area contributed by atoms with Gasteiger partial charge < -0.3 is 9.47 Å². The molecule has 0 atom stereocenters. The molecular formula is C10H6F5NO2. The van der Waals surface area contributed by atoms with Gasteiger partial charge in [0.1, 0.15) is 11.5 Å². The average Bonchev–Trinajstić information content (AvgIpc) is 2.19. The van der Waals surface area contributed by atoms with Gasteiger partial charge in [0, 0.05) is 11.6 Å². The maximum Gasteiger partial charge on any atom is 0.573 e. The Labute approximate surface area is 98.3 Å². The Morgan fingerprint density at radius 3 is 2.44 bits per heavy atom. The van der Waals surface area contributed by atoms with Crippen LogP contribution in [0.1, 0.15) is 5.56 Å². The second kappa shape index (κ2) is 5.53. The van der Waals surface area contributed by atoms with E-state index in [-0.39, 0.29) is 12.0 Å². The number of halogens is 5. The van der Waals surface area contributed by atoms with Crippen LogP contribution < -0.4 is 9.47 Å². The number of nitriles is 1. The van der Waals surface area contributed by atoms with Crippen molar-refractivity contribution in [2.45, 2.75) is 19.4 Å². The summed E-state index contributed by atoms with van der Waals surface area (Å²) in [5, 5.41) is 8.42. The monoisotopic (exact) mass is 267 g/mol. The average molecular weight is 267 g/mol. The van der Waals surface area contributed by atoms with Gasteiger partial charge >= 0.3 is 13.0 Å². The third-order valence-corrected chi connectivity index (χ3v) is 1.76. The van der Waals surface area contributed by atoms with E-state index in [1.54, 1.807) is 6.07 Å². The molecule has 3 nitrogen and oxygen atoms in total. The van der Waals surface area contributed by atoms with Crippen molar-refractivity contribution in [3.05, 3.63) is 23.8 Å². The van der Waals surface area contributed by atoms with Crippen molar-refractivity contribution in [1.29, 1.82) is 5.26 Å². The Bertz CT molecular complexity index is 453. The summed E-state index contributed by atoms with van der Waals surface area (Å²) in [6.45, 7) is -3.16. The fourth-order valence-electron chi connectivity index (χ4n) is 1.16. The van der Waals surface area contributed by atoms with Crippen LogP contribution in [0.3, 0.4) is 0 Å². The van der Waals surface area contributed by atoms with Gasteiger partial charge in [-0.15, -0.1) is 13.2 Å². The highest BCUT2D eigenvalue weighted by molar-refractivity contribution is 5.42. The van der Waals surface area contributed by atoms with Gasteiger partial charge in [-0.3, -0.25) is 0 Å². The Morgan fingerprint density at radius 2 is 1.94 bits per heavy atom. The summed E-state index contributed by atoms with van der Waals surface area (Å²) < 4.78 is 67.6. The van der Waals surface area contributed by atoms with E-state index in [1.165, 1.54) is 0 Å². The quantitative estimate of drug-likeness (QED) is 0.786. The van der Waals surface area contributed by atoms with E-state index in [1.807, 2.05) is 0 Å². The largest absolute Gasteiger partial charge is 0.573 e. The van der Waals surface area contributed by atoms with Crippen LogP contribution in [-0.4, -0.2) is 13.0 Å². The van der Waals surface area contributed by atoms with Crippen LogP contribution in [0.2, 0.25) is 0 Å². The van der Waals surface area contributed by atoms with Gasteiger partial charge in [0.2, 0.25) is 0 Å². The van der Waals surface area contributed by atoms with Crippen molar-refractivity contribution < 1.29 is 31.4 Å². The Kier molecular flexibility index (Phi) is 4.31. The molecule has 0 unspecified atom stereocenters. The molecule has 0 aliphatic heterocycles. The zero-order valence-corrected chi connectivity index (χ0v) is 8.67. The van der Waals surface area contributed by atoms with E-state index in [2.05, 4.69) is 9.47 Å². The molecule has 0 saturated heterocycles. The first-order chi connectivity index (χ1) is 8.31. The lowest BCUT2D eigenvalue weighted by Crippen LogP contribution is -2.18. The highest BCUT2D eigenvalue weighted by Gasteiger charge is 2.32. The van der Waals surface area contributed by atoms with Crippen LogP contribution >= 0.6 is 0 Å². The smallest absolute Gasteiger partial charge is 0.435 e. The highest BCUT2D eigenvalue weighted by atomic mass is 19.4. The van der Waals surface area contributed by atoms with E-state index >= 15 is 0 Å². The first kappa shape index (κ1) is 14.0. The van der Waals surface area contributed by atoms with Gasteiger partial charge in [0.15, 0.2) is 0 Å². The molecule has 0 N–H and O–H groups in total. The minimum absolute atomic E-state index is 0.0727. The SMILES string of the molecule is N#CCc1ccc(OC(F)F)cc1OC(F)(F)F. The lowest BCUT2D eigenvalue weighted by Gasteiger charge is -2.13. The van der Waals surface area contributed by atoms with Crippen LogP contribution in [0, 0.1) is 11.3 Å². The Balaban J connectivity index is 3.04. The number of nitrogens with zero attached hydrogens (tertiary/aromatic N) is 1. The lowest BCUT2D eigenvalue weighted by molar-refractivity contribution is -0.274. The van der Waals surface area contributed by atoms with E-state index < -0.39 is 24.5 Å². The Morgan fingerprint density at radius 1 is 1.28 bits per heavy atom. The third-order valence-electron chi connectivity index (χ3n) is 1.76. The van der Waals surface area contributed by atoms with Gasteiger partial charge in [-0.2, -0.15) is 14.0 Å². The van der Waals surface area contributed by atoms with Crippen molar-refractivity contribution in [3.8, 4) is 17.6 Å². The van der Waals surface area contributed by atoms with Crippen molar-refractivity contribution in [2.24, 2.45) is 0 Å². The summed E-state index contributed by atoms with van der Waals surface area (Å²) in [6, 6.07) is 4.38. The summed E-state index contributed by atoms with van der Waals surface area (Å²) in [7, 11) is 0. The van der Waals surface area contributed by atoms with E-state index in [0.29, 0.717) is 6.07 Å². The van der Waals surface area contributed by atoms with Crippen molar-refractivity contribution in [1.82, 2.24) is 0 Å². The zero-order valence-electron chi connectivity index (χ0n) is 8.67. The first-order valence-corrected chi connectivity index (χ1v) is 4.52. The molecule has 0 aliphatic carbocycles. The number of hydrogen-bond donors (Lipinski definition) is 0. The maximum atomic E-state index is 12.1. The first-order valence-electron chi connectivity index (χ1n) is 4.52. The van der Waals surface area contributed by atoms with Crippen LogP contribution in [0.25, 0.3) is 0 Å². The fourth-order valence-corrected chi connectivity index (χ4v) is 1.16. The molecule has 0 spiro atoms. The molecule has 0 saturated carbocycles. The Hall–Kier alpha value is -2.04. The number of rotatable bonds is 4. The third kappa shape index (κ3) is 4.45. The summed E-state index contributed by atoms with van der Waals surface area (Å²) in [4.78, 5) is 0. The molecular weight excluding hydrogens is 261 g/mol. The second-order valence-electron chi connectivity index (χ2n) is 3.03. The molecule has 0 amide bonds. The summed E-state index contributed by atoms with van der Waals surface area (Å²) in [5.41, 5.74) is -0.0727. The topological polar surface area (TPSA) is 42.2 Å². The predicted molar refractivity (Wildman–Crippen MR) is 49.1 cm³/mol. The zero-order chi connectivity index (χ0) is 13.8. The summed E-state index contributed by atoms with van der Waals surface area (Å²) in [5.74, 6) is -1.21. The molecule has 1 aromatic rings. The van der Waals surface area contributed by atoms with Crippen LogP contribution in [-0.2, 0) is 6.42 Å². The summed E-state index contributed by atoms with van der Waals surface area (Å²) in [6.07, 6.45) is -5.33. The number of alkyl halides is 5. The number of ether oxygens (including phenoxy) is 2. The van der Waals surface area contributed by atoms with E-state index in [4.69, 9.17) is 5.26 Å². The van der Waals surface area contributed by atoms with Gasteiger partial charge in [-0.05, 0) is 6.07 Å². The molecule has 0 aliphatic rings. The normalized spacial score (nSPS) is 11.2. The number of hydrogen-bond acceptors (Lipinski definition) is 3. The molecule has 8 heteroatoms. The molecule has 98 valence electrons. The van der Waals surface area contributed by atoms with Gasteiger partial charge in [0.05, 0.1) is 12.5 Å². The molecule has 0 bridgehead atoms. The van der Waals surface area contributed by atoms with Crippen molar-refractivity contribution in [3.63, 3.8) is 0 Å². The lowest BCUT2D eigenvalue weighted by atomic mass is 10.1. The minimum Gasteiger partial charge on any atom is -0.435 e. The van der Waals surface area contributed by atoms with Gasteiger partial charge in [-0.1, -0.05) is 6.07 Å². The van der Waals surface area contributed by atoms with E-state index in [9.17, 15) is 22.0 Å². The van der Waals surface area contributed by atoms with Crippen molar-refractivity contribution >= 4 is 0 Å². The van der Waals surface area contributed by atoms with Gasteiger partial charge in [0.25, 0.3) is 0 Å². The van der Waals surface area contributed by atoms with Crippen LogP contribution in [0.5, 0.6) is 11.5 Å². The van der Waals surface area contributed by atoms with Crippen molar-refractivity contribution in [2.75, 3.05) is 0 Å².